The molecule has 1 unspecified atom stereocenters. The number of amides is 2. The molecule has 4 aromatic rings. The summed E-state index contributed by atoms with van der Waals surface area (Å²) in [4.78, 5) is 54.9. The molecule has 1 atom stereocenters. The zero-order chi connectivity index (χ0) is 35.5. The maximum absolute atomic E-state index is 15.8. The number of piperidine rings is 1. The van der Waals surface area contributed by atoms with Crippen molar-refractivity contribution in [3.63, 3.8) is 0 Å². The predicted molar refractivity (Wildman–Crippen MR) is 192 cm³/mol. The molecule has 0 radical (unpaired) electrons. The monoisotopic (exact) mass is 711 g/mol. The first kappa shape index (κ1) is 33.5. The molecule has 266 valence electrons. The number of fused-ring (bicyclic) bond motifs is 2. The number of halogens is 1. The standard InChI is InChI=1S/C38H42FN7O4S/c1-37(2,3)50-31(47)20-43-14-10-38(11-15-43)21-45(22-38)26-8-6-24(7-9-26)25-17-27-28(29(39)18-25)19-46(35(27)49)33(34(48)42-36-40-12-16-51-36)32-30-5-4-13-44(30)23-41-32/h6-9,12,16-18,23,33H,4-5,10-11,13-15,19-22H2,1-3H3,(H,40,42,48). The van der Waals surface area contributed by atoms with E-state index in [1.165, 1.54) is 22.3 Å². The quantitative estimate of drug-likeness (QED) is 0.233. The fourth-order valence-electron chi connectivity index (χ4n) is 8.03. The lowest BCUT2D eigenvalue weighted by molar-refractivity contribution is -0.156. The van der Waals surface area contributed by atoms with Gasteiger partial charge in [-0.3, -0.25) is 24.6 Å². The minimum Gasteiger partial charge on any atom is -0.459 e. The highest BCUT2D eigenvalue weighted by molar-refractivity contribution is 7.13. The summed E-state index contributed by atoms with van der Waals surface area (Å²) in [5.41, 5.74) is 4.30. The molecule has 0 bridgehead atoms. The number of likely N-dealkylation sites (tertiary alicyclic amines) is 1. The Balaban J connectivity index is 0.946. The zero-order valence-electron chi connectivity index (χ0n) is 29.2. The summed E-state index contributed by atoms with van der Waals surface area (Å²) in [5.74, 6) is -1.46. The van der Waals surface area contributed by atoms with Crippen molar-refractivity contribution in [1.29, 1.82) is 0 Å². The number of hydrogen-bond acceptors (Lipinski definition) is 9. The summed E-state index contributed by atoms with van der Waals surface area (Å²) < 4.78 is 23.3. The lowest BCUT2D eigenvalue weighted by Gasteiger charge is -2.55. The second-order valence-corrected chi connectivity index (χ2v) is 16.2. The van der Waals surface area contributed by atoms with Gasteiger partial charge < -0.3 is 19.1 Å². The molecule has 2 saturated heterocycles. The van der Waals surface area contributed by atoms with Crippen molar-refractivity contribution in [1.82, 2.24) is 24.3 Å². The van der Waals surface area contributed by atoms with Crippen LogP contribution in [0.1, 0.15) is 73.4 Å². The smallest absolute Gasteiger partial charge is 0.320 e. The van der Waals surface area contributed by atoms with E-state index in [9.17, 15) is 14.4 Å². The summed E-state index contributed by atoms with van der Waals surface area (Å²) in [6.45, 7) is 10.5. The Morgan fingerprint density at radius 3 is 2.53 bits per heavy atom. The third-order valence-electron chi connectivity index (χ3n) is 10.6. The number of carbonyl (C=O) groups is 3. The number of esters is 1. The molecule has 0 aliphatic carbocycles. The molecule has 4 aliphatic heterocycles. The summed E-state index contributed by atoms with van der Waals surface area (Å²) in [6, 6.07) is 10.2. The molecule has 0 saturated carbocycles. The van der Waals surface area contributed by atoms with Crippen LogP contribution in [-0.4, -0.2) is 80.4 Å². The highest BCUT2D eigenvalue weighted by Crippen LogP contribution is 2.43. The van der Waals surface area contributed by atoms with Gasteiger partial charge in [0.2, 0.25) is 0 Å². The Morgan fingerprint density at radius 1 is 1.06 bits per heavy atom. The van der Waals surface area contributed by atoms with Crippen molar-refractivity contribution in [2.45, 2.75) is 71.2 Å². The van der Waals surface area contributed by atoms with Crippen LogP contribution in [-0.2, 0) is 33.8 Å². The predicted octanol–water partition coefficient (Wildman–Crippen LogP) is 5.67. The lowest BCUT2D eigenvalue weighted by Crippen LogP contribution is -2.60. The van der Waals surface area contributed by atoms with Crippen LogP contribution in [0.2, 0.25) is 0 Å². The maximum atomic E-state index is 15.8. The highest BCUT2D eigenvalue weighted by Gasteiger charge is 2.45. The molecule has 1 spiro atoms. The molecule has 11 nitrogen and oxygen atoms in total. The van der Waals surface area contributed by atoms with Gasteiger partial charge in [-0.25, -0.2) is 14.4 Å². The summed E-state index contributed by atoms with van der Waals surface area (Å²) in [6.07, 6.45) is 7.10. The van der Waals surface area contributed by atoms with Gasteiger partial charge in [-0.2, -0.15) is 0 Å². The van der Waals surface area contributed by atoms with Gasteiger partial charge in [0.15, 0.2) is 11.2 Å². The van der Waals surface area contributed by atoms with Gasteiger partial charge in [-0.05, 0) is 94.9 Å². The van der Waals surface area contributed by atoms with Crippen molar-refractivity contribution in [3.05, 3.63) is 82.6 Å². The van der Waals surface area contributed by atoms with E-state index in [-0.39, 0.29) is 29.1 Å². The van der Waals surface area contributed by atoms with Crippen LogP contribution >= 0.6 is 11.3 Å². The van der Waals surface area contributed by atoms with E-state index in [0.29, 0.717) is 22.9 Å². The molecule has 6 heterocycles. The number of anilines is 2. The first-order valence-corrected chi connectivity index (χ1v) is 18.5. The van der Waals surface area contributed by atoms with Crippen LogP contribution in [0.15, 0.2) is 54.3 Å². The molecular weight excluding hydrogens is 670 g/mol. The summed E-state index contributed by atoms with van der Waals surface area (Å²) >= 11 is 1.29. The van der Waals surface area contributed by atoms with Crippen LogP contribution < -0.4 is 10.2 Å². The average Bonchev–Trinajstić information content (AvgIpc) is 3.88. The minimum absolute atomic E-state index is 0.0308. The number of ether oxygens (including phenoxy) is 1. The number of hydrogen-bond donors (Lipinski definition) is 1. The Hall–Kier alpha value is -4.62. The van der Waals surface area contributed by atoms with Crippen molar-refractivity contribution in [3.8, 4) is 11.1 Å². The van der Waals surface area contributed by atoms with Gasteiger partial charge in [-0.1, -0.05) is 12.1 Å². The van der Waals surface area contributed by atoms with Gasteiger partial charge >= 0.3 is 5.97 Å². The van der Waals surface area contributed by atoms with Gasteiger partial charge in [0.1, 0.15) is 11.4 Å². The van der Waals surface area contributed by atoms with Crippen molar-refractivity contribution < 1.29 is 23.5 Å². The normalized spacial score (nSPS) is 18.8. The number of aryl methyl sites for hydroxylation is 1. The van der Waals surface area contributed by atoms with Crippen LogP contribution in [0, 0.1) is 11.2 Å². The zero-order valence-corrected chi connectivity index (χ0v) is 30.0. The second kappa shape index (κ2) is 12.9. The average molecular weight is 712 g/mol. The van der Waals surface area contributed by atoms with E-state index in [0.717, 1.165) is 75.4 Å². The van der Waals surface area contributed by atoms with E-state index in [4.69, 9.17) is 4.74 Å². The van der Waals surface area contributed by atoms with Gasteiger partial charge in [0, 0.05) is 59.1 Å². The molecular formula is C38H42FN7O4S. The Morgan fingerprint density at radius 2 is 1.82 bits per heavy atom. The number of rotatable bonds is 8. The molecule has 4 aliphatic rings. The Bertz CT molecular complexity index is 1970. The minimum atomic E-state index is -1.03. The molecule has 2 aromatic carbocycles. The number of benzene rings is 2. The van der Waals surface area contributed by atoms with Gasteiger partial charge in [0.25, 0.3) is 11.8 Å². The first-order valence-electron chi connectivity index (χ1n) is 17.6. The Kier molecular flexibility index (Phi) is 8.45. The first-order chi connectivity index (χ1) is 24.5. The van der Waals surface area contributed by atoms with Gasteiger partial charge in [0.05, 0.1) is 25.1 Å². The fraction of sp³-hybridized carbons (Fsp3) is 0.447. The van der Waals surface area contributed by atoms with Crippen molar-refractivity contribution in [2.75, 3.05) is 42.9 Å². The third-order valence-corrected chi connectivity index (χ3v) is 11.3. The maximum Gasteiger partial charge on any atom is 0.320 e. The van der Waals surface area contributed by atoms with Crippen molar-refractivity contribution >= 4 is 39.9 Å². The van der Waals surface area contributed by atoms with E-state index in [2.05, 4.69) is 37.2 Å². The molecule has 2 aromatic heterocycles. The number of carbonyl (C=O) groups excluding carboxylic acids is 3. The topological polar surface area (TPSA) is 113 Å². The van der Waals surface area contributed by atoms with E-state index < -0.39 is 29.3 Å². The van der Waals surface area contributed by atoms with Gasteiger partial charge in [-0.15, -0.1) is 11.3 Å². The van der Waals surface area contributed by atoms with Crippen LogP contribution in [0.3, 0.4) is 0 Å². The van der Waals surface area contributed by atoms with Crippen LogP contribution in [0.4, 0.5) is 15.2 Å². The van der Waals surface area contributed by atoms with Crippen LogP contribution in [0.5, 0.6) is 0 Å². The van der Waals surface area contributed by atoms with Crippen molar-refractivity contribution in [2.24, 2.45) is 5.41 Å². The van der Waals surface area contributed by atoms with E-state index in [1.807, 2.05) is 37.5 Å². The number of nitrogens with zero attached hydrogens (tertiary/aromatic N) is 6. The van der Waals surface area contributed by atoms with E-state index in [1.54, 1.807) is 24.0 Å². The SMILES string of the molecule is CC(C)(C)OC(=O)CN1CCC2(CC1)CN(c1ccc(-c3cc(F)c4c(c3)C(=O)N(C(C(=O)Nc3nccs3)c3ncn5c3CCC5)C4)cc1)C2. The fourth-order valence-corrected chi connectivity index (χ4v) is 8.57. The number of nitrogens with one attached hydrogen (secondary N) is 1. The second-order valence-electron chi connectivity index (χ2n) is 15.3. The molecule has 13 heteroatoms. The summed E-state index contributed by atoms with van der Waals surface area (Å²) in [7, 11) is 0. The largest absolute Gasteiger partial charge is 0.459 e. The Labute approximate surface area is 300 Å². The third kappa shape index (κ3) is 6.53. The summed E-state index contributed by atoms with van der Waals surface area (Å²) in [5, 5.41) is 5.04. The number of aromatic nitrogens is 3. The molecule has 2 fully saturated rings. The van der Waals surface area contributed by atoms with Crippen LogP contribution in [0.25, 0.3) is 11.1 Å². The number of imidazole rings is 1. The number of thiazole rings is 1. The molecule has 2 amide bonds. The van der Waals surface area contributed by atoms with E-state index >= 15 is 4.39 Å². The lowest BCUT2D eigenvalue weighted by atomic mass is 9.71. The molecule has 8 rings (SSSR count). The molecule has 51 heavy (non-hydrogen) atoms. The highest BCUT2D eigenvalue weighted by atomic mass is 32.1. The molecule has 1 N–H and O–H groups in total.